The van der Waals surface area contributed by atoms with Gasteiger partial charge in [0.1, 0.15) is 0 Å². The molecule has 0 spiro atoms. The maximum absolute atomic E-state index is 5.50. The summed E-state index contributed by atoms with van der Waals surface area (Å²) in [6.45, 7) is 3.73. The molecule has 1 aliphatic rings. The van der Waals surface area contributed by atoms with Crippen LogP contribution in [-0.4, -0.2) is 7.05 Å². The first-order chi connectivity index (χ1) is 9.33. The van der Waals surface area contributed by atoms with Gasteiger partial charge in [-0.3, -0.25) is 0 Å². The number of nitrogens with one attached hydrogen (secondary N) is 1. The molecule has 1 N–H and O–H groups in total. The monoisotopic (exact) mass is 273 g/mol. The zero-order valence-electron chi connectivity index (χ0n) is 11.4. The van der Waals surface area contributed by atoms with E-state index < -0.39 is 0 Å². The Balaban J connectivity index is 1.98. The Kier molecular flexibility index (Phi) is 3.69. The molecule has 1 aromatic carbocycles. The van der Waals surface area contributed by atoms with Gasteiger partial charge in [0.05, 0.1) is 19.3 Å². The van der Waals surface area contributed by atoms with Crippen LogP contribution < -0.4 is 5.32 Å². The molecule has 2 nitrogen and oxygen atoms in total. The van der Waals surface area contributed by atoms with Crippen LogP contribution in [0.5, 0.6) is 0 Å². The largest absolute Gasteiger partial charge is 0.372 e. The zero-order chi connectivity index (χ0) is 13.2. The van der Waals surface area contributed by atoms with Crippen LogP contribution in [-0.2, 0) is 24.4 Å². The van der Waals surface area contributed by atoms with Gasteiger partial charge in [-0.1, -0.05) is 25.1 Å². The normalized spacial score (nSPS) is 15.5. The van der Waals surface area contributed by atoms with Crippen LogP contribution in [0.1, 0.15) is 40.1 Å². The average molecular weight is 273 g/mol. The predicted molar refractivity (Wildman–Crippen MR) is 79.5 cm³/mol. The summed E-state index contributed by atoms with van der Waals surface area (Å²) in [5.41, 5.74) is 5.46. The van der Waals surface area contributed by atoms with Gasteiger partial charge in [0, 0.05) is 4.88 Å². The fourth-order valence-electron chi connectivity index (χ4n) is 2.71. The van der Waals surface area contributed by atoms with E-state index in [1.165, 1.54) is 27.1 Å². The first-order valence-electron chi connectivity index (χ1n) is 6.76. The summed E-state index contributed by atoms with van der Waals surface area (Å²) in [7, 11) is 2.04. The second-order valence-electron chi connectivity index (χ2n) is 4.91. The Labute approximate surface area is 118 Å². The number of ether oxygens (including phenoxy) is 1. The van der Waals surface area contributed by atoms with Gasteiger partial charge in [-0.2, -0.15) is 0 Å². The van der Waals surface area contributed by atoms with Crippen LogP contribution in [0.15, 0.2) is 29.6 Å². The van der Waals surface area contributed by atoms with E-state index in [1.54, 1.807) is 0 Å². The van der Waals surface area contributed by atoms with Crippen LogP contribution >= 0.6 is 11.3 Å². The summed E-state index contributed by atoms with van der Waals surface area (Å²) in [4.78, 5) is 1.43. The summed E-state index contributed by atoms with van der Waals surface area (Å²) in [5.74, 6) is 0. The minimum absolute atomic E-state index is 0.292. The number of benzene rings is 1. The Morgan fingerprint density at radius 1 is 1.26 bits per heavy atom. The third-order valence-electron chi connectivity index (χ3n) is 3.79. The van der Waals surface area contributed by atoms with E-state index in [9.17, 15) is 0 Å². The van der Waals surface area contributed by atoms with Gasteiger partial charge in [-0.15, -0.1) is 11.3 Å². The predicted octanol–water partition coefficient (Wildman–Crippen LogP) is 3.65. The van der Waals surface area contributed by atoms with Crippen LogP contribution in [0.4, 0.5) is 0 Å². The molecule has 3 rings (SSSR count). The summed E-state index contributed by atoms with van der Waals surface area (Å²) < 4.78 is 5.50. The SMILES string of the molecule is CCc1ccsc1C(NC)c1ccc2c(c1)COC2. The smallest absolute Gasteiger partial charge is 0.0725 e. The zero-order valence-corrected chi connectivity index (χ0v) is 12.2. The number of hydrogen-bond acceptors (Lipinski definition) is 3. The van der Waals surface area contributed by atoms with Crippen molar-refractivity contribution in [3.05, 3.63) is 56.8 Å². The second-order valence-corrected chi connectivity index (χ2v) is 5.85. The topological polar surface area (TPSA) is 21.3 Å². The lowest BCUT2D eigenvalue weighted by atomic mass is 9.98. The average Bonchev–Trinajstić information content (AvgIpc) is 3.07. The van der Waals surface area contributed by atoms with Gasteiger partial charge in [-0.05, 0) is 47.2 Å². The summed E-state index contributed by atoms with van der Waals surface area (Å²) >= 11 is 1.84. The fraction of sp³-hybridized carbons (Fsp3) is 0.375. The quantitative estimate of drug-likeness (QED) is 0.918. The molecule has 0 radical (unpaired) electrons. The highest BCUT2D eigenvalue weighted by atomic mass is 32.1. The van der Waals surface area contributed by atoms with E-state index in [1.807, 2.05) is 18.4 Å². The minimum Gasteiger partial charge on any atom is -0.372 e. The highest BCUT2D eigenvalue weighted by Gasteiger charge is 2.19. The molecule has 0 aliphatic carbocycles. The van der Waals surface area contributed by atoms with Crippen molar-refractivity contribution >= 4 is 11.3 Å². The van der Waals surface area contributed by atoms with Crippen LogP contribution in [0.3, 0.4) is 0 Å². The molecule has 0 fully saturated rings. The molecule has 0 bridgehead atoms. The van der Waals surface area contributed by atoms with Gasteiger partial charge in [0.2, 0.25) is 0 Å². The minimum atomic E-state index is 0.292. The third kappa shape index (κ3) is 2.34. The molecule has 2 heterocycles. The number of rotatable bonds is 4. The lowest BCUT2D eigenvalue weighted by Crippen LogP contribution is -2.18. The molecule has 100 valence electrons. The van der Waals surface area contributed by atoms with Crippen LogP contribution in [0.25, 0.3) is 0 Å². The number of fused-ring (bicyclic) bond motifs is 1. The van der Waals surface area contributed by atoms with E-state index in [0.717, 1.165) is 19.6 Å². The van der Waals surface area contributed by atoms with E-state index >= 15 is 0 Å². The molecule has 1 aliphatic heterocycles. The fourth-order valence-corrected chi connectivity index (χ4v) is 3.85. The van der Waals surface area contributed by atoms with Crippen molar-refractivity contribution in [3.8, 4) is 0 Å². The number of hydrogen-bond donors (Lipinski definition) is 1. The Hall–Kier alpha value is -1.16. The van der Waals surface area contributed by atoms with Crippen molar-refractivity contribution in [2.45, 2.75) is 32.6 Å². The summed E-state index contributed by atoms with van der Waals surface area (Å²) in [5, 5.41) is 5.65. The second kappa shape index (κ2) is 5.45. The Morgan fingerprint density at radius 3 is 2.89 bits per heavy atom. The van der Waals surface area contributed by atoms with Gasteiger partial charge < -0.3 is 10.1 Å². The first-order valence-corrected chi connectivity index (χ1v) is 7.64. The maximum Gasteiger partial charge on any atom is 0.0725 e. The van der Waals surface area contributed by atoms with Gasteiger partial charge in [0.25, 0.3) is 0 Å². The molecule has 1 aromatic heterocycles. The summed E-state index contributed by atoms with van der Waals surface area (Å²) in [6.07, 6.45) is 1.09. The van der Waals surface area contributed by atoms with E-state index in [-0.39, 0.29) is 0 Å². The van der Waals surface area contributed by atoms with Crippen molar-refractivity contribution in [1.82, 2.24) is 5.32 Å². The van der Waals surface area contributed by atoms with Crippen molar-refractivity contribution in [2.75, 3.05) is 7.05 Å². The third-order valence-corrected chi connectivity index (χ3v) is 4.82. The number of aryl methyl sites for hydroxylation is 1. The van der Waals surface area contributed by atoms with Gasteiger partial charge in [-0.25, -0.2) is 0 Å². The highest BCUT2D eigenvalue weighted by molar-refractivity contribution is 7.10. The summed E-state index contributed by atoms with van der Waals surface area (Å²) in [6, 6.07) is 9.26. The Morgan fingerprint density at radius 2 is 2.11 bits per heavy atom. The van der Waals surface area contributed by atoms with Crippen molar-refractivity contribution in [3.63, 3.8) is 0 Å². The van der Waals surface area contributed by atoms with Gasteiger partial charge >= 0.3 is 0 Å². The standard InChI is InChI=1S/C16H19NOS/c1-3-11-6-7-19-16(11)15(17-2)12-4-5-13-9-18-10-14(13)8-12/h4-8,15,17H,3,9-10H2,1-2H3. The van der Waals surface area contributed by atoms with E-state index in [0.29, 0.717) is 6.04 Å². The lowest BCUT2D eigenvalue weighted by molar-refractivity contribution is 0.134. The van der Waals surface area contributed by atoms with Crippen molar-refractivity contribution < 1.29 is 4.74 Å². The van der Waals surface area contributed by atoms with E-state index in [2.05, 4.69) is 41.9 Å². The molecule has 0 amide bonds. The van der Waals surface area contributed by atoms with Crippen molar-refractivity contribution in [2.24, 2.45) is 0 Å². The molecule has 3 heteroatoms. The molecular weight excluding hydrogens is 254 g/mol. The molecule has 1 atom stereocenters. The van der Waals surface area contributed by atoms with E-state index in [4.69, 9.17) is 4.74 Å². The molecule has 2 aromatic rings. The molecule has 1 unspecified atom stereocenters. The molecule has 19 heavy (non-hydrogen) atoms. The van der Waals surface area contributed by atoms with Crippen LogP contribution in [0.2, 0.25) is 0 Å². The molecular formula is C16H19NOS. The van der Waals surface area contributed by atoms with Gasteiger partial charge in [0.15, 0.2) is 0 Å². The lowest BCUT2D eigenvalue weighted by Gasteiger charge is -2.18. The first kappa shape index (κ1) is 12.9. The Bertz CT molecular complexity index is 576. The maximum atomic E-state index is 5.50. The molecule has 0 saturated carbocycles. The molecule has 0 saturated heterocycles. The number of thiophene rings is 1. The van der Waals surface area contributed by atoms with Crippen LogP contribution in [0, 0.1) is 0 Å². The highest BCUT2D eigenvalue weighted by Crippen LogP contribution is 2.32. The van der Waals surface area contributed by atoms with Crippen molar-refractivity contribution in [1.29, 1.82) is 0 Å².